The van der Waals surface area contributed by atoms with Gasteiger partial charge >= 0.3 is 0 Å². The molecule has 6 rings (SSSR count). The molecular weight excluding hydrogens is 552 g/mol. The second-order valence-electron chi connectivity index (χ2n) is 12.4. The van der Waals surface area contributed by atoms with Crippen LogP contribution < -0.4 is 10.2 Å². The fourth-order valence-corrected chi connectivity index (χ4v) is 6.66. The third kappa shape index (κ3) is 6.93. The Morgan fingerprint density at radius 2 is 1.79 bits per heavy atom. The van der Waals surface area contributed by atoms with E-state index in [0.717, 1.165) is 56.8 Å². The Morgan fingerprint density at radius 3 is 2.49 bits per heavy atom. The summed E-state index contributed by atoms with van der Waals surface area (Å²) in [5.74, 6) is 2.45. The van der Waals surface area contributed by atoms with E-state index < -0.39 is 6.43 Å². The van der Waals surface area contributed by atoms with Gasteiger partial charge in [-0.3, -0.25) is 9.47 Å². The molecule has 2 aliphatic carbocycles. The lowest BCUT2D eigenvalue weighted by Gasteiger charge is -2.40. The van der Waals surface area contributed by atoms with Crippen molar-refractivity contribution in [3.8, 4) is 5.82 Å². The number of aliphatic hydroxyl groups excluding tert-OH is 1. The van der Waals surface area contributed by atoms with Crippen LogP contribution >= 0.6 is 0 Å². The van der Waals surface area contributed by atoms with E-state index in [1.807, 2.05) is 13.0 Å². The molecule has 0 unspecified atom stereocenters. The standard InChI is InChI=1S/C32H43F2N7O2/c1-22(21-42)19-40(20-24-5-4-6-24)25-11-9-23(10-12-25)18-35-32-37-28(39-13-15-43-16-14-39)17-29(38-32)41-27-8-3-2-7-26(27)36-31(41)30(33)34/h2-3,7-8,17,21,23-25,30,42H,4-6,9-16,18-20H2,1H3,(H,35,37,38)/b22-21+. The minimum Gasteiger partial charge on any atom is -0.516 e. The molecule has 0 spiro atoms. The van der Waals surface area contributed by atoms with Gasteiger partial charge in [0.25, 0.3) is 6.43 Å². The zero-order chi connectivity index (χ0) is 29.8. The number of aromatic nitrogens is 4. The van der Waals surface area contributed by atoms with Crippen molar-refractivity contribution in [3.05, 3.63) is 48.0 Å². The third-order valence-electron chi connectivity index (χ3n) is 9.32. The molecule has 2 N–H and O–H groups in total. The number of alkyl halides is 2. The van der Waals surface area contributed by atoms with Crippen LogP contribution in [0.25, 0.3) is 16.9 Å². The Hall–Kier alpha value is -3.31. The molecule has 0 bridgehead atoms. The lowest BCUT2D eigenvalue weighted by atomic mass is 9.82. The number of imidazole rings is 1. The second-order valence-corrected chi connectivity index (χ2v) is 12.4. The topological polar surface area (TPSA) is 91.6 Å². The first kappa shape index (κ1) is 29.7. The highest BCUT2D eigenvalue weighted by atomic mass is 19.3. The predicted molar refractivity (Wildman–Crippen MR) is 164 cm³/mol. The normalized spacial score (nSPS) is 22.0. The zero-order valence-corrected chi connectivity index (χ0v) is 25.0. The number of hydrogen-bond donors (Lipinski definition) is 2. The zero-order valence-electron chi connectivity index (χ0n) is 25.0. The lowest BCUT2D eigenvalue weighted by Crippen LogP contribution is -2.43. The molecule has 0 atom stereocenters. The fourth-order valence-electron chi connectivity index (χ4n) is 6.66. The van der Waals surface area contributed by atoms with E-state index in [2.05, 4.69) is 20.1 Å². The first-order valence-electron chi connectivity index (χ1n) is 15.7. The Morgan fingerprint density at radius 1 is 1.05 bits per heavy atom. The molecule has 3 fully saturated rings. The van der Waals surface area contributed by atoms with Crippen LogP contribution in [0.15, 0.2) is 42.2 Å². The van der Waals surface area contributed by atoms with Gasteiger partial charge in [0, 0.05) is 44.8 Å². The molecule has 1 aromatic carbocycles. The molecule has 3 aromatic rings. The molecule has 2 aromatic heterocycles. The van der Waals surface area contributed by atoms with Crippen molar-refractivity contribution in [3.63, 3.8) is 0 Å². The van der Waals surface area contributed by atoms with Crippen molar-refractivity contribution < 1.29 is 18.6 Å². The number of halogens is 2. The average molecular weight is 596 g/mol. The number of para-hydroxylation sites is 2. The maximum absolute atomic E-state index is 14.2. The maximum Gasteiger partial charge on any atom is 0.296 e. The number of rotatable bonds is 11. The van der Waals surface area contributed by atoms with Gasteiger partial charge in [0.15, 0.2) is 5.82 Å². The van der Waals surface area contributed by atoms with Crippen LogP contribution in [0.3, 0.4) is 0 Å². The van der Waals surface area contributed by atoms with Crippen LogP contribution in [0.2, 0.25) is 0 Å². The fraction of sp³-hybridized carbons (Fsp3) is 0.594. The summed E-state index contributed by atoms with van der Waals surface area (Å²) < 4.78 is 35.4. The van der Waals surface area contributed by atoms with Crippen molar-refractivity contribution in [1.82, 2.24) is 24.4 Å². The second kappa shape index (κ2) is 13.5. The molecule has 3 aliphatic rings. The van der Waals surface area contributed by atoms with Crippen molar-refractivity contribution >= 4 is 22.8 Å². The van der Waals surface area contributed by atoms with E-state index in [-0.39, 0.29) is 5.82 Å². The number of hydrogen-bond acceptors (Lipinski definition) is 8. The summed E-state index contributed by atoms with van der Waals surface area (Å²) in [6.07, 6.45) is 6.90. The summed E-state index contributed by atoms with van der Waals surface area (Å²) in [6, 6.07) is 9.47. The highest BCUT2D eigenvalue weighted by Crippen LogP contribution is 2.33. The molecule has 232 valence electrons. The quantitative estimate of drug-likeness (QED) is 0.256. The molecule has 43 heavy (non-hydrogen) atoms. The first-order valence-corrected chi connectivity index (χ1v) is 15.7. The number of morpholine rings is 1. The number of fused-ring (bicyclic) bond motifs is 1. The molecule has 3 heterocycles. The van der Waals surface area contributed by atoms with Gasteiger partial charge in [-0.05, 0) is 75.0 Å². The number of nitrogens with zero attached hydrogens (tertiary/aromatic N) is 6. The van der Waals surface area contributed by atoms with Crippen molar-refractivity contribution in [2.75, 3.05) is 56.2 Å². The van der Waals surface area contributed by atoms with Crippen LogP contribution in [-0.2, 0) is 4.74 Å². The van der Waals surface area contributed by atoms with Gasteiger partial charge in [-0.1, -0.05) is 18.6 Å². The van der Waals surface area contributed by atoms with Crippen LogP contribution in [0.5, 0.6) is 0 Å². The minimum absolute atomic E-state index is 0.324. The van der Waals surface area contributed by atoms with Crippen LogP contribution in [0.4, 0.5) is 20.5 Å². The Kier molecular flexibility index (Phi) is 9.37. The third-order valence-corrected chi connectivity index (χ3v) is 9.32. The average Bonchev–Trinajstić information content (AvgIpc) is 3.42. The summed E-state index contributed by atoms with van der Waals surface area (Å²) in [6.45, 7) is 7.20. The number of aliphatic hydroxyl groups is 1. The highest BCUT2D eigenvalue weighted by molar-refractivity contribution is 5.78. The van der Waals surface area contributed by atoms with Crippen molar-refractivity contribution in [1.29, 1.82) is 0 Å². The van der Waals surface area contributed by atoms with Crippen LogP contribution in [-0.4, -0.2) is 81.5 Å². The predicted octanol–water partition coefficient (Wildman–Crippen LogP) is 6.12. The van der Waals surface area contributed by atoms with E-state index in [4.69, 9.17) is 14.7 Å². The maximum atomic E-state index is 14.2. The van der Waals surface area contributed by atoms with Gasteiger partial charge in [-0.25, -0.2) is 13.8 Å². The van der Waals surface area contributed by atoms with E-state index in [1.165, 1.54) is 30.1 Å². The van der Waals surface area contributed by atoms with Crippen molar-refractivity contribution in [2.24, 2.45) is 11.8 Å². The van der Waals surface area contributed by atoms with Gasteiger partial charge in [0.2, 0.25) is 5.95 Å². The summed E-state index contributed by atoms with van der Waals surface area (Å²) in [5, 5.41) is 13.0. The largest absolute Gasteiger partial charge is 0.516 e. The van der Waals surface area contributed by atoms with E-state index in [0.29, 0.717) is 66.9 Å². The number of ether oxygens (including phenoxy) is 1. The summed E-state index contributed by atoms with van der Waals surface area (Å²) >= 11 is 0. The molecule has 0 amide bonds. The Labute approximate surface area is 252 Å². The number of benzene rings is 1. The number of nitrogens with one attached hydrogen (secondary N) is 1. The molecule has 9 nitrogen and oxygen atoms in total. The van der Waals surface area contributed by atoms with Gasteiger partial charge < -0.3 is 20.1 Å². The van der Waals surface area contributed by atoms with Gasteiger partial charge in [0.1, 0.15) is 11.6 Å². The monoisotopic (exact) mass is 595 g/mol. The molecule has 1 saturated heterocycles. The first-order chi connectivity index (χ1) is 21.0. The summed E-state index contributed by atoms with van der Waals surface area (Å²) in [5.41, 5.74) is 2.11. The molecule has 0 radical (unpaired) electrons. The minimum atomic E-state index is -2.75. The van der Waals surface area contributed by atoms with E-state index in [9.17, 15) is 13.9 Å². The van der Waals surface area contributed by atoms with Crippen molar-refractivity contribution in [2.45, 2.75) is 64.3 Å². The van der Waals surface area contributed by atoms with E-state index >= 15 is 0 Å². The summed E-state index contributed by atoms with van der Waals surface area (Å²) in [4.78, 5) is 18.5. The lowest BCUT2D eigenvalue weighted by molar-refractivity contribution is 0.106. The van der Waals surface area contributed by atoms with Gasteiger partial charge in [0.05, 0.1) is 30.5 Å². The molecule has 1 aliphatic heterocycles. The van der Waals surface area contributed by atoms with Crippen LogP contribution in [0.1, 0.15) is 64.1 Å². The van der Waals surface area contributed by atoms with Gasteiger partial charge in [-0.2, -0.15) is 9.97 Å². The molecular formula is C32H43F2N7O2. The number of anilines is 2. The van der Waals surface area contributed by atoms with Crippen LogP contribution in [0, 0.1) is 11.8 Å². The van der Waals surface area contributed by atoms with E-state index in [1.54, 1.807) is 24.3 Å². The Bertz CT molecular complexity index is 1400. The SMILES string of the molecule is C/C(=C\O)CN(CC1CCC1)C1CCC(CNc2nc(N3CCOCC3)cc(-n3c(C(F)F)nc4ccccc43)n2)CC1. The summed E-state index contributed by atoms with van der Waals surface area (Å²) in [7, 11) is 0. The molecule has 2 saturated carbocycles. The Balaban J connectivity index is 1.18. The van der Waals surface area contributed by atoms with Gasteiger partial charge in [-0.15, -0.1) is 0 Å². The molecule has 11 heteroatoms. The highest BCUT2D eigenvalue weighted by Gasteiger charge is 2.30. The smallest absolute Gasteiger partial charge is 0.296 e.